The first-order valence-electron chi connectivity index (χ1n) is 4.55. The van der Waals surface area contributed by atoms with Crippen molar-refractivity contribution in [3.8, 4) is 0 Å². The maximum atomic E-state index is 11.3. The van der Waals surface area contributed by atoms with E-state index in [4.69, 9.17) is 4.18 Å². The number of benzene rings is 1. The van der Waals surface area contributed by atoms with Gasteiger partial charge in [-0.1, -0.05) is 37.3 Å². The molecule has 0 aliphatic rings. The molecular formula is C10H14O3S. The van der Waals surface area contributed by atoms with Crippen LogP contribution in [0.3, 0.4) is 0 Å². The van der Waals surface area contributed by atoms with Crippen molar-refractivity contribution in [2.45, 2.75) is 19.1 Å². The molecule has 0 heterocycles. The third kappa shape index (κ3) is 3.89. The van der Waals surface area contributed by atoms with Gasteiger partial charge in [0.25, 0.3) is 10.1 Å². The Morgan fingerprint density at radius 3 is 2.43 bits per heavy atom. The van der Waals surface area contributed by atoms with Crippen LogP contribution >= 0.6 is 0 Å². The summed E-state index contributed by atoms with van der Waals surface area (Å²) in [7, 11) is -3.40. The fourth-order valence-corrected chi connectivity index (χ4v) is 2.13. The fraction of sp³-hybridized carbons (Fsp3) is 0.400. The fourth-order valence-electron chi connectivity index (χ4n) is 1.03. The molecule has 4 heteroatoms. The van der Waals surface area contributed by atoms with E-state index in [9.17, 15) is 8.42 Å². The first-order valence-corrected chi connectivity index (χ1v) is 6.13. The Labute approximate surface area is 84.8 Å². The van der Waals surface area contributed by atoms with Gasteiger partial charge in [0.1, 0.15) is 5.75 Å². The lowest BCUT2D eigenvalue weighted by Gasteiger charge is -2.03. The molecule has 0 atom stereocenters. The minimum Gasteiger partial charge on any atom is -0.270 e. The van der Waals surface area contributed by atoms with E-state index >= 15 is 0 Å². The molecule has 1 aromatic rings. The van der Waals surface area contributed by atoms with Crippen molar-refractivity contribution in [3.63, 3.8) is 0 Å². The van der Waals surface area contributed by atoms with Crippen LogP contribution in [-0.4, -0.2) is 15.0 Å². The average molecular weight is 214 g/mol. The van der Waals surface area contributed by atoms with E-state index in [1.807, 2.05) is 25.1 Å². The van der Waals surface area contributed by atoms with Crippen molar-refractivity contribution in [1.82, 2.24) is 0 Å². The summed E-state index contributed by atoms with van der Waals surface area (Å²) in [5.41, 5.74) is 0.753. The lowest BCUT2D eigenvalue weighted by molar-refractivity contribution is 0.317. The molecule has 0 amide bonds. The van der Waals surface area contributed by atoms with Crippen molar-refractivity contribution in [1.29, 1.82) is 0 Å². The third-order valence-corrected chi connectivity index (χ3v) is 2.87. The molecule has 0 saturated heterocycles. The van der Waals surface area contributed by atoms with Gasteiger partial charge < -0.3 is 0 Å². The lowest BCUT2D eigenvalue weighted by atomic mass is 10.2. The van der Waals surface area contributed by atoms with Crippen LogP contribution in [0.1, 0.15) is 18.9 Å². The van der Waals surface area contributed by atoms with Crippen LogP contribution in [0, 0.1) is 0 Å². The second-order valence-corrected chi connectivity index (χ2v) is 4.65. The Morgan fingerprint density at radius 2 is 1.86 bits per heavy atom. The highest BCUT2D eigenvalue weighted by Gasteiger charge is 2.10. The van der Waals surface area contributed by atoms with Gasteiger partial charge >= 0.3 is 0 Å². The van der Waals surface area contributed by atoms with Crippen LogP contribution in [0.2, 0.25) is 0 Å². The minimum atomic E-state index is -3.40. The Kier molecular flexibility index (Phi) is 4.10. The van der Waals surface area contributed by atoms with Gasteiger partial charge in [-0.25, -0.2) is 0 Å². The largest absolute Gasteiger partial charge is 0.271 e. The second kappa shape index (κ2) is 5.12. The van der Waals surface area contributed by atoms with Gasteiger partial charge in [-0.05, 0) is 12.0 Å². The van der Waals surface area contributed by atoms with E-state index in [1.165, 1.54) is 0 Å². The molecule has 1 aromatic carbocycles. The van der Waals surface area contributed by atoms with Crippen molar-refractivity contribution < 1.29 is 12.6 Å². The summed E-state index contributed by atoms with van der Waals surface area (Å²) in [5.74, 6) is -0.0478. The SMILES string of the molecule is CCCOS(=O)(=O)Cc1ccccc1. The van der Waals surface area contributed by atoms with Gasteiger partial charge in [0.15, 0.2) is 0 Å². The predicted molar refractivity (Wildman–Crippen MR) is 55.3 cm³/mol. The quantitative estimate of drug-likeness (QED) is 0.703. The molecule has 0 spiro atoms. The van der Waals surface area contributed by atoms with Crippen LogP contribution in [0.25, 0.3) is 0 Å². The highest BCUT2D eigenvalue weighted by atomic mass is 32.2. The molecule has 78 valence electrons. The summed E-state index contributed by atoms with van der Waals surface area (Å²) >= 11 is 0. The standard InChI is InChI=1S/C10H14O3S/c1-2-8-13-14(11,12)9-10-6-4-3-5-7-10/h3-7H,2,8-9H2,1H3. The van der Waals surface area contributed by atoms with Gasteiger partial charge in [-0.15, -0.1) is 0 Å². The topological polar surface area (TPSA) is 43.4 Å². The number of rotatable bonds is 5. The number of hydrogen-bond acceptors (Lipinski definition) is 3. The first kappa shape index (κ1) is 11.2. The zero-order valence-electron chi connectivity index (χ0n) is 8.14. The second-order valence-electron chi connectivity index (χ2n) is 3.01. The molecule has 3 nitrogen and oxygen atoms in total. The smallest absolute Gasteiger partial charge is 0.270 e. The van der Waals surface area contributed by atoms with Crippen molar-refractivity contribution in [3.05, 3.63) is 35.9 Å². The van der Waals surface area contributed by atoms with Crippen LogP contribution < -0.4 is 0 Å². The summed E-state index contributed by atoms with van der Waals surface area (Å²) in [4.78, 5) is 0. The van der Waals surface area contributed by atoms with Crippen molar-refractivity contribution in [2.24, 2.45) is 0 Å². The first-order chi connectivity index (χ1) is 6.64. The van der Waals surface area contributed by atoms with Crippen LogP contribution in [-0.2, 0) is 20.1 Å². The summed E-state index contributed by atoms with van der Waals surface area (Å²) < 4.78 is 27.4. The van der Waals surface area contributed by atoms with E-state index in [1.54, 1.807) is 12.1 Å². The highest BCUT2D eigenvalue weighted by molar-refractivity contribution is 7.85. The van der Waals surface area contributed by atoms with Gasteiger partial charge in [0, 0.05) is 0 Å². The monoisotopic (exact) mass is 214 g/mol. The zero-order chi connectivity index (χ0) is 10.4. The minimum absolute atomic E-state index is 0.0478. The van der Waals surface area contributed by atoms with Crippen LogP contribution in [0.15, 0.2) is 30.3 Å². The van der Waals surface area contributed by atoms with E-state index in [0.29, 0.717) is 6.42 Å². The lowest BCUT2D eigenvalue weighted by Crippen LogP contribution is -2.09. The van der Waals surface area contributed by atoms with Crippen molar-refractivity contribution in [2.75, 3.05) is 6.61 Å². The van der Waals surface area contributed by atoms with Gasteiger partial charge in [-0.3, -0.25) is 4.18 Å². The van der Waals surface area contributed by atoms with Gasteiger partial charge in [-0.2, -0.15) is 8.42 Å². The molecule has 0 fully saturated rings. The molecule has 1 rings (SSSR count). The molecule has 14 heavy (non-hydrogen) atoms. The predicted octanol–water partition coefficient (Wildman–Crippen LogP) is 1.94. The highest BCUT2D eigenvalue weighted by Crippen LogP contribution is 2.07. The maximum Gasteiger partial charge on any atom is 0.271 e. The normalized spacial score (nSPS) is 11.5. The van der Waals surface area contributed by atoms with Gasteiger partial charge in [0.2, 0.25) is 0 Å². The third-order valence-electron chi connectivity index (χ3n) is 1.65. The molecule has 0 radical (unpaired) electrons. The number of hydrogen-bond donors (Lipinski definition) is 0. The molecule has 0 saturated carbocycles. The zero-order valence-corrected chi connectivity index (χ0v) is 8.96. The molecule has 0 aliphatic carbocycles. The Balaban J connectivity index is 2.60. The van der Waals surface area contributed by atoms with E-state index in [0.717, 1.165) is 5.56 Å². The molecular weight excluding hydrogens is 200 g/mol. The van der Waals surface area contributed by atoms with E-state index in [-0.39, 0.29) is 12.4 Å². The maximum absolute atomic E-state index is 11.3. The molecule has 0 N–H and O–H groups in total. The summed E-state index contributed by atoms with van der Waals surface area (Å²) in [5, 5.41) is 0. The van der Waals surface area contributed by atoms with Crippen molar-refractivity contribution >= 4 is 10.1 Å². The average Bonchev–Trinajstić information content (AvgIpc) is 2.16. The van der Waals surface area contributed by atoms with Crippen LogP contribution in [0.4, 0.5) is 0 Å². The Morgan fingerprint density at radius 1 is 1.21 bits per heavy atom. The summed E-state index contributed by atoms with van der Waals surface area (Å²) in [6.45, 7) is 2.13. The Bertz CT molecular complexity index is 356. The van der Waals surface area contributed by atoms with Gasteiger partial charge in [0.05, 0.1) is 6.61 Å². The molecule has 0 aromatic heterocycles. The van der Waals surface area contributed by atoms with Crippen LogP contribution in [0.5, 0.6) is 0 Å². The summed E-state index contributed by atoms with van der Waals surface area (Å²) in [6.07, 6.45) is 0.702. The van der Waals surface area contributed by atoms with E-state index < -0.39 is 10.1 Å². The molecule has 0 aliphatic heterocycles. The molecule has 0 unspecified atom stereocenters. The van der Waals surface area contributed by atoms with E-state index in [2.05, 4.69) is 0 Å². The molecule has 0 bridgehead atoms. The summed E-state index contributed by atoms with van der Waals surface area (Å²) in [6, 6.07) is 9.01. The Hall–Kier alpha value is -0.870.